The molecule has 0 radical (unpaired) electrons. The molecule has 4 rings (SSSR count). The Hall–Kier alpha value is -2.28. The molecule has 2 heterocycles. The molecule has 1 saturated carbocycles. The fraction of sp³-hybridized carbons (Fsp3) is 0.500. The van der Waals surface area contributed by atoms with Crippen LogP contribution < -0.4 is 5.32 Å². The lowest BCUT2D eigenvalue weighted by Gasteiger charge is -2.41. The number of ether oxygens (including phenoxy) is 1. The summed E-state index contributed by atoms with van der Waals surface area (Å²) >= 11 is 0. The maximum Gasteiger partial charge on any atom is 0.257 e. The molecule has 1 saturated heterocycles. The fourth-order valence-corrected chi connectivity index (χ4v) is 3.89. The average Bonchev–Trinajstić information content (AvgIpc) is 3.11. The molecule has 2 fully saturated rings. The zero-order chi connectivity index (χ0) is 17.4. The normalized spacial score (nSPS) is 29.1. The van der Waals surface area contributed by atoms with Gasteiger partial charge >= 0.3 is 0 Å². The van der Waals surface area contributed by atoms with Crippen molar-refractivity contribution in [3.05, 3.63) is 35.9 Å². The van der Waals surface area contributed by atoms with Gasteiger partial charge < -0.3 is 14.6 Å². The Balaban J connectivity index is 1.53. The van der Waals surface area contributed by atoms with Crippen molar-refractivity contribution in [2.75, 3.05) is 7.11 Å². The van der Waals surface area contributed by atoms with E-state index in [-0.39, 0.29) is 23.9 Å². The van der Waals surface area contributed by atoms with Crippen LogP contribution in [0.15, 0.2) is 28.8 Å². The van der Waals surface area contributed by atoms with Gasteiger partial charge in [-0.05, 0) is 55.9 Å². The maximum absolute atomic E-state index is 13.0. The zero-order valence-electron chi connectivity index (χ0n) is 13.9. The number of aromatic nitrogens is 2. The van der Waals surface area contributed by atoms with E-state index in [1.54, 1.807) is 19.2 Å². The van der Waals surface area contributed by atoms with Crippen LogP contribution in [-0.2, 0) is 9.53 Å². The molecule has 1 aromatic heterocycles. The summed E-state index contributed by atoms with van der Waals surface area (Å²) in [6, 6.07) is 6.04. The smallest absolute Gasteiger partial charge is 0.257 e. The van der Waals surface area contributed by atoms with E-state index in [9.17, 15) is 9.18 Å². The number of carbonyl (C=O) groups is 1. The lowest BCUT2D eigenvalue weighted by molar-refractivity contribution is -0.128. The van der Waals surface area contributed by atoms with Gasteiger partial charge in [0.2, 0.25) is 5.91 Å². The summed E-state index contributed by atoms with van der Waals surface area (Å²) in [7, 11) is 1.73. The molecule has 1 amide bonds. The number of fused-ring (bicyclic) bond motifs is 1. The van der Waals surface area contributed by atoms with Gasteiger partial charge in [-0.1, -0.05) is 5.16 Å². The quantitative estimate of drug-likeness (QED) is 0.925. The monoisotopic (exact) mass is 345 g/mol. The summed E-state index contributed by atoms with van der Waals surface area (Å²) in [6.45, 7) is 0. The van der Waals surface area contributed by atoms with E-state index in [4.69, 9.17) is 9.26 Å². The van der Waals surface area contributed by atoms with E-state index >= 15 is 0 Å². The van der Waals surface area contributed by atoms with E-state index in [0.29, 0.717) is 29.6 Å². The third-order valence-corrected chi connectivity index (χ3v) is 5.29. The SMILES string of the molecule is COC1CCC2NC(=O)C(c3noc(-c4ccc(F)cc4)n3)CC2C1. The third kappa shape index (κ3) is 3.16. The standard InChI is InChI=1S/C18H20FN3O3/c1-24-13-6-7-15-11(8-13)9-14(17(23)20-15)16-21-18(25-22-16)10-2-4-12(19)5-3-10/h2-5,11,13-15H,6-9H2,1H3,(H,20,23). The van der Waals surface area contributed by atoms with Gasteiger partial charge in [0, 0.05) is 18.7 Å². The highest BCUT2D eigenvalue weighted by molar-refractivity contribution is 5.84. The minimum Gasteiger partial charge on any atom is -0.381 e. The van der Waals surface area contributed by atoms with Crippen LogP contribution in [0.25, 0.3) is 11.5 Å². The van der Waals surface area contributed by atoms with Crippen molar-refractivity contribution in [1.29, 1.82) is 0 Å². The van der Waals surface area contributed by atoms with Crippen LogP contribution in [0.3, 0.4) is 0 Å². The van der Waals surface area contributed by atoms with Crippen LogP contribution >= 0.6 is 0 Å². The van der Waals surface area contributed by atoms with Crippen LogP contribution in [0.5, 0.6) is 0 Å². The Bertz CT molecular complexity index is 761. The van der Waals surface area contributed by atoms with Crippen molar-refractivity contribution in [2.24, 2.45) is 5.92 Å². The number of carbonyl (C=O) groups excluding carboxylic acids is 1. The predicted molar refractivity (Wildman–Crippen MR) is 87.1 cm³/mol. The second-order valence-corrected chi connectivity index (χ2v) is 6.80. The number of benzene rings is 1. The highest BCUT2D eigenvalue weighted by Crippen LogP contribution is 2.37. The molecular formula is C18H20FN3O3. The summed E-state index contributed by atoms with van der Waals surface area (Å²) < 4.78 is 23.8. The van der Waals surface area contributed by atoms with Crippen molar-refractivity contribution in [2.45, 2.75) is 43.7 Å². The van der Waals surface area contributed by atoms with Gasteiger partial charge in [-0.2, -0.15) is 4.98 Å². The van der Waals surface area contributed by atoms with Crippen molar-refractivity contribution < 1.29 is 18.4 Å². The third-order valence-electron chi connectivity index (χ3n) is 5.29. The van der Waals surface area contributed by atoms with Crippen LogP contribution in [0, 0.1) is 11.7 Å². The minimum absolute atomic E-state index is 0.0522. The summed E-state index contributed by atoms with van der Waals surface area (Å²) in [5.74, 6) is 0.233. The lowest BCUT2D eigenvalue weighted by Crippen LogP contribution is -2.51. The lowest BCUT2D eigenvalue weighted by atomic mass is 9.74. The molecule has 132 valence electrons. The number of nitrogens with zero attached hydrogens (tertiary/aromatic N) is 2. The summed E-state index contributed by atoms with van der Waals surface area (Å²) in [5.41, 5.74) is 0.631. The van der Waals surface area contributed by atoms with Crippen molar-refractivity contribution in [3.63, 3.8) is 0 Å². The molecule has 1 aliphatic heterocycles. The predicted octanol–water partition coefficient (Wildman–Crippen LogP) is 2.66. The van der Waals surface area contributed by atoms with Crippen molar-refractivity contribution in [1.82, 2.24) is 15.5 Å². The number of halogens is 1. The Morgan fingerprint density at radius 2 is 2.04 bits per heavy atom. The van der Waals surface area contributed by atoms with E-state index in [1.165, 1.54) is 12.1 Å². The molecule has 0 bridgehead atoms. The van der Waals surface area contributed by atoms with Crippen molar-refractivity contribution >= 4 is 5.91 Å². The van der Waals surface area contributed by atoms with Crippen LogP contribution in [0.4, 0.5) is 4.39 Å². The number of piperidine rings is 1. The second kappa shape index (κ2) is 6.55. The first-order valence-corrected chi connectivity index (χ1v) is 8.56. The highest BCUT2D eigenvalue weighted by Gasteiger charge is 2.41. The van der Waals surface area contributed by atoms with E-state index < -0.39 is 5.92 Å². The Morgan fingerprint density at radius 3 is 2.80 bits per heavy atom. The Kier molecular flexibility index (Phi) is 4.25. The highest BCUT2D eigenvalue weighted by atomic mass is 19.1. The largest absolute Gasteiger partial charge is 0.381 e. The number of rotatable bonds is 3. The summed E-state index contributed by atoms with van der Waals surface area (Å²) in [4.78, 5) is 16.8. The Labute approximate surface area is 144 Å². The number of nitrogens with one attached hydrogen (secondary N) is 1. The first-order valence-electron chi connectivity index (χ1n) is 8.56. The Morgan fingerprint density at radius 1 is 1.24 bits per heavy atom. The van der Waals surface area contributed by atoms with E-state index in [0.717, 1.165) is 19.3 Å². The maximum atomic E-state index is 13.0. The summed E-state index contributed by atoms with van der Waals surface area (Å²) in [6.07, 6.45) is 3.78. The molecule has 25 heavy (non-hydrogen) atoms. The average molecular weight is 345 g/mol. The molecule has 1 N–H and O–H groups in total. The fourth-order valence-electron chi connectivity index (χ4n) is 3.89. The van der Waals surface area contributed by atoms with Crippen LogP contribution in [0.2, 0.25) is 0 Å². The van der Waals surface area contributed by atoms with Gasteiger partial charge in [0.05, 0.1) is 6.10 Å². The molecular weight excluding hydrogens is 325 g/mol. The first-order chi connectivity index (χ1) is 12.1. The van der Waals surface area contributed by atoms with Crippen LogP contribution in [-0.4, -0.2) is 35.3 Å². The number of amides is 1. The van der Waals surface area contributed by atoms with E-state index in [2.05, 4.69) is 15.5 Å². The molecule has 6 nitrogen and oxygen atoms in total. The minimum atomic E-state index is -0.421. The number of methoxy groups -OCH3 is 1. The molecule has 2 aliphatic rings. The van der Waals surface area contributed by atoms with E-state index in [1.807, 2.05) is 0 Å². The molecule has 1 aliphatic carbocycles. The first kappa shape index (κ1) is 16.2. The molecule has 1 aromatic carbocycles. The van der Waals surface area contributed by atoms with Gasteiger partial charge in [0.25, 0.3) is 5.89 Å². The van der Waals surface area contributed by atoms with Crippen molar-refractivity contribution in [3.8, 4) is 11.5 Å². The number of hydrogen-bond acceptors (Lipinski definition) is 5. The summed E-state index contributed by atoms with van der Waals surface area (Å²) in [5, 5.41) is 7.10. The molecule has 0 spiro atoms. The van der Waals surface area contributed by atoms with Gasteiger partial charge in [-0.15, -0.1) is 0 Å². The van der Waals surface area contributed by atoms with Gasteiger partial charge in [-0.3, -0.25) is 4.79 Å². The molecule has 2 aromatic rings. The molecule has 4 unspecified atom stereocenters. The topological polar surface area (TPSA) is 77.2 Å². The molecule has 4 atom stereocenters. The van der Waals surface area contributed by atoms with Crippen LogP contribution in [0.1, 0.15) is 37.4 Å². The van der Waals surface area contributed by atoms with Gasteiger partial charge in [0.15, 0.2) is 5.82 Å². The van der Waals surface area contributed by atoms with Gasteiger partial charge in [-0.25, -0.2) is 4.39 Å². The zero-order valence-corrected chi connectivity index (χ0v) is 13.9. The second-order valence-electron chi connectivity index (χ2n) is 6.80. The van der Waals surface area contributed by atoms with Gasteiger partial charge in [0.1, 0.15) is 11.7 Å². The number of hydrogen-bond donors (Lipinski definition) is 1. The molecule has 7 heteroatoms.